The third kappa shape index (κ3) is 47.9. The average molecular weight is 933 g/mol. The van der Waals surface area contributed by atoms with Crippen LogP contribution in [0.1, 0.15) is 364 Å². The first kappa shape index (κ1) is 65.4. The van der Waals surface area contributed by atoms with Gasteiger partial charge in [0.1, 0.15) is 0 Å². The fourth-order valence-electron chi connectivity index (χ4n) is 12.1. The summed E-state index contributed by atoms with van der Waals surface area (Å²) < 4.78 is 0. The van der Waals surface area contributed by atoms with Gasteiger partial charge in [-0.15, -0.1) is 0 Å². The van der Waals surface area contributed by atoms with Gasteiger partial charge in [-0.2, -0.15) is 0 Å². The standard InChI is InChI=1S/C64H132P/c1-9-13-17-21-25-29-33-37-41-45-49-53-61(5)57-65(58-62(6)54-50-46-42-38-34-30-26-22-18-14-10-2,59-63(7)55-51-47-43-39-35-31-27-23-19-15-11-3)60-64(8)56-52-48-44-40-36-32-28-24-20-16-12-4/h61-64H,9-60H2,1-8H3/q+1. The molecule has 0 spiro atoms. The molecule has 4 atom stereocenters. The summed E-state index contributed by atoms with van der Waals surface area (Å²) in [5, 5.41) is 0. The van der Waals surface area contributed by atoms with Crippen molar-refractivity contribution in [2.24, 2.45) is 23.7 Å². The van der Waals surface area contributed by atoms with Gasteiger partial charge in [0.15, 0.2) is 0 Å². The van der Waals surface area contributed by atoms with Crippen LogP contribution in [0.4, 0.5) is 0 Å². The lowest BCUT2D eigenvalue weighted by Gasteiger charge is -2.36. The summed E-state index contributed by atoms with van der Waals surface area (Å²) in [4.78, 5) is 0. The van der Waals surface area contributed by atoms with Crippen LogP contribution >= 0.6 is 7.26 Å². The van der Waals surface area contributed by atoms with Crippen LogP contribution in [0, 0.1) is 23.7 Å². The molecule has 0 amide bonds. The molecule has 0 aliphatic carbocycles. The van der Waals surface area contributed by atoms with Gasteiger partial charge in [-0.05, 0) is 49.4 Å². The second-order valence-corrected chi connectivity index (χ2v) is 27.9. The SMILES string of the molecule is CCCCCCCCCCCCCC(C)C[P+](CC(C)CCCCCCCCCCCCC)(CC(C)CCCCCCCCCCCCC)CC(C)CCCCCCCCCCCCC. The third-order valence-electron chi connectivity index (χ3n) is 16.0. The zero-order chi connectivity index (χ0) is 47.6. The second-order valence-electron chi connectivity index (χ2n) is 23.8. The number of rotatable bonds is 56. The first-order valence-corrected chi connectivity index (χ1v) is 34.2. The lowest BCUT2D eigenvalue weighted by molar-refractivity contribution is 0.481. The quantitative estimate of drug-likeness (QED) is 0.0421. The first-order chi connectivity index (χ1) is 31.8. The Hall–Kier alpha value is 0.430. The topological polar surface area (TPSA) is 0 Å². The van der Waals surface area contributed by atoms with E-state index in [4.69, 9.17) is 0 Å². The summed E-state index contributed by atoms with van der Waals surface area (Å²) in [5.74, 6) is 3.72. The maximum atomic E-state index is 2.72. The van der Waals surface area contributed by atoms with Crippen molar-refractivity contribution in [1.82, 2.24) is 0 Å². The van der Waals surface area contributed by atoms with Crippen LogP contribution in [-0.2, 0) is 0 Å². The summed E-state index contributed by atoms with van der Waals surface area (Å²) in [6.07, 6.45) is 77.2. The highest BCUT2D eigenvalue weighted by molar-refractivity contribution is 7.75. The largest absolute Gasteiger partial charge is 0.0654 e. The average Bonchev–Trinajstić information content (AvgIpc) is 3.28. The highest BCUT2D eigenvalue weighted by Crippen LogP contribution is 2.64. The van der Waals surface area contributed by atoms with Crippen LogP contribution in [0.2, 0.25) is 0 Å². The van der Waals surface area contributed by atoms with Gasteiger partial charge in [-0.1, -0.05) is 338 Å². The van der Waals surface area contributed by atoms with Crippen LogP contribution in [0.3, 0.4) is 0 Å². The Kier molecular flexibility index (Phi) is 52.6. The van der Waals surface area contributed by atoms with E-state index < -0.39 is 7.26 Å². The summed E-state index contributed by atoms with van der Waals surface area (Å²) in [5.41, 5.74) is 0. The summed E-state index contributed by atoms with van der Waals surface area (Å²) in [6, 6.07) is 0. The van der Waals surface area contributed by atoms with Crippen molar-refractivity contribution in [1.29, 1.82) is 0 Å². The molecule has 0 fully saturated rings. The molecule has 0 heterocycles. The molecule has 0 nitrogen and oxygen atoms in total. The smallest absolute Gasteiger partial charge is 0.0620 e. The molecule has 0 saturated carbocycles. The maximum Gasteiger partial charge on any atom is 0.0620 e. The fraction of sp³-hybridized carbons (Fsp3) is 1.00. The molecular formula is C64H132P+. The minimum absolute atomic E-state index is 0.930. The normalized spacial score (nSPS) is 14.8. The minimum Gasteiger partial charge on any atom is -0.0654 e. The van der Waals surface area contributed by atoms with Crippen LogP contribution in [0.25, 0.3) is 0 Å². The van der Waals surface area contributed by atoms with Gasteiger partial charge in [0.2, 0.25) is 0 Å². The van der Waals surface area contributed by atoms with Crippen LogP contribution in [-0.4, -0.2) is 24.6 Å². The monoisotopic (exact) mass is 932 g/mol. The van der Waals surface area contributed by atoms with Gasteiger partial charge in [0.05, 0.1) is 24.6 Å². The van der Waals surface area contributed by atoms with Gasteiger partial charge in [0.25, 0.3) is 0 Å². The van der Waals surface area contributed by atoms with Gasteiger partial charge >= 0.3 is 0 Å². The lowest BCUT2D eigenvalue weighted by atomic mass is 10.0. The van der Waals surface area contributed by atoms with Crippen molar-refractivity contribution in [3.05, 3.63) is 0 Å². The van der Waals surface area contributed by atoms with E-state index in [9.17, 15) is 0 Å². The van der Waals surface area contributed by atoms with E-state index in [1.807, 2.05) is 0 Å². The van der Waals surface area contributed by atoms with Crippen LogP contribution < -0.4 is 0 Å². The second kappa shape index (κ2) is 52.3. The summed E-state index contributed by atoms with van der Waals surface area (Å²) in [7, 11) is -1.05. The van der Waals surface area contributed by atoms with Gasteiger partial charge in [0, 0.05) is 7.26 Å². The molecule has 0 N–H and O–H groups in total. The maximum absolute atomic E-state index is 2.72. The minimum atomic E-state index is -1.05. The Morgan fingerprint density at radius 3 is 0.446 bits per heavy atom. The number of unbranched alkanes of at least 4 members (excludes halogenated alkanes) is 40. The van der Waals surface area contributed by atoms with E-state index in [1.165, 1.54) is 308 Å². The molecule has 0 bridgehead atoms. The van der Waals surface area contributed by atoms with Crippen molar-refractivity contribution in [3.8, 4) is 0 Å². The van der Waals surface area contributed by atoms with E-state index in [2.05, 4.69) is 55.4 Å². The number of hydrogen-bond acceptors (Lipinski definition) is 0. The molecule has 65 heavy (non-hydrogen) atoms. The van der Waals surface area contributed by atoms with E-state index >= 15 is 0 Å². The van der Waals surface area contributed by atoms with Crippen LogP contribution in [0.15, 0.2) is 0 Å². The highest BCUT2D eigenvalue weighted by atomic mass is 31.2. The molecule has 0 radical (unpaired) electrons. The zero-order valence-corrected chi connectivity index (χ0v) is 48.4. The van der Waals surface area contributed by atoms with Crippen molar-refractivity contribution in [2.45, 2.75) is 364 Å². The molecule has 0 aromatic carbocycles. The molecule has 0 aromatic rings. The predicted molar refractivity (Wildman–Crippen MR) is 307 cm³/mol. The Morgan fingerprint density at radius 1 is 0.185 bits per heavy atom. The Morgan fingerprint density at radius 2 is 0.308 bits per heavy atom. The molecule has 0 rings (SSSR count). The molecule has 0 aliphatic heterocycles. The van der Waals surface area contributed by atoms with Gasteiger partial charge in [-0.3, -0.25) is 0 Å². The van der Waals surface area contributed by atoms with E-state index in [0.717, 1.165) is 23.7 Å². The van der Waals surface area contributed by atoms with Gasteiger partial charge < -0.3 is 0 Å². The van der Waals surface area contributed by atoms with Crippen molar-refractivity contribution in [2.75, 3.05) is 24.6 Å². The predicted octanol–water partition coefficient (Wildman–Crippen LogP) is 24.4. The Bertz CT molecular complexity index is 722. The van der Waals surface area contributed by atoms with E-state index in [-0.39, 0.29) is 0 Å². The molecule has 0 aromatic heterocycles. The molecule has 0 aliphatic rings. The molecule has 4 unspecified atom stereocenters. The molecule has 392 valence electrons. The molecule has 1 heteroatoms. The third-order valence-corrected chi connectivity index (χ3v) is 21.6. The van der Waals surface area contributed by atoms with Crippen LogP contribution in [0.5, 0.6) is 0 Å². The van der Waals surface area contributed by atoms with Gasteiger partial charge in [-0.25, -0.2) is 0 Å². The molecular weight excluding hydrogens is 800 g/mol. The van der Waals surface area contributed by atoms with E-state index in [0.29, 0.717) is 0 Å². The highest BCUT2D eigenvalue weighted by Gasteiger charge is 2.42. The number of hydrogen-bond donors (Lipinski definition) is 0. The summed E-state index contributed by atoms with van der Waals surface area (Å²) >= 11 is 0. The van der Waals surface area contributed by atoms with Crippen molar-refractivity contribution in [3.63, 3.8) is 0 Å². The Labute approximate surface area is 417 Å². The fourth-order valence-corrected chi connectivity index (χ4v) is 19.0. The van der Waals surface area contributed by atoms with Crippen molar-refractivity contribution >= 4 is 7.26 Å². The van der Waals surface area contributed by atoms with Crippen molar-refractivity contribution < 1.29 is 0 Å². The first-order valence-electron chi connectivity index (χ1n) is 31.7. The zero-order valence-electron chi connectivity index (χ0n) is 47.5. The molecule has 0 saturated heterocycles. The van der Waals surface area contributed by atoms with E-state index in [1.54, 1.807) is 24.6 Å². The summed E-state index contributed by atoms with van der Waals surface area (Å²) in [6.45, 7) is 20.3. The lowest BCUT2D eigenvalue weighted by Crippen LogP contribution is -2.25. The Balaban J connectivity index is 5.46.